The molecule has 0 fully saturated rings. The minimum atomic E-state index is -0.243. The minimum Gasteiger partial charge on any atom is -0.423 e. The van der Waals surface area contributed by atoms with Crippen LogP contribution in [0.15, 0.2) is 83.9 Å². The Morgan fingerprint density at radius 1 is 1.11 bits per heavy atom. The van der Waals surface area contributed by atoms with Crippen molar-refractivity contribution in [3.63, 3.8) is 0 Å². The molecule has 132 valence electrons. The third-order valence-corrected chi connectivity index (χ3v) is 3.84. The van der Waals surface area contributed by atoms with Gasteiger partial charge >= 0.3 is 0 Å². The Bertz CT molecular complexity index is 1070. The van der Waals surface area contributed by atoms with Gasteiger partial charge in [-0.3, -0.25) is 4.79 Å². The van der Waals surface area contributed by atoms with E-state index >= 15 is 0 Å². The fourth-order valence-corrected chi connectivity index (χ4v) is 2.63. The van der Waals surface area contributed by atoms with E-state index in [0.29, 0.717) is 11.6 Å². The molecule has 27 heavy (non-hydrogen) atoms. The number of nitrogens with zero attached hydrogens (tertiary/aromatic N) is 4. The first kappa shape index (κ1) is 16.5. The van der Waals surface area contributed by atoms with Crippen LogP contribution >= 0.6 is 0 Å². The van der Waals surface area contributed by atoms with Gasteiger partial charge in [-0.1, -0.05) is 24.3 Å². The van der Waals surface area contributed by atoms with Gasteiger partial charge in [0, 0.05) is 35.3 Å². The van der Waals surface area contributed by atoms with Crippen LogP contribution in [0.5, 0.6) is 0 Å². The SMILES string of the molecule is O=C(/C=C/c1ccccc1-n1cccn1)Nc1cccc(-c2nnco2)c1. The van der Waals surface area contributed by atoms with E-state index in [1.54, 1.807) is 29.1 Å². The van der Waals surface area contributed by atoms with Crippen LogP contribution in [0.1, 0.15) is 5.56 Å². The van der Waals surface area contributed by atoms with E-state index in [4.69, 9.17) is 4.42 Å². The summed E-state index contributed by atoms with van der Waals surface area (Å²) < 4.78 is 6.93. The molecule has 0 bridgehead atoms. The van der Waals surface area contributed by atoms with Crippen molar-refractivity contribution in [2.75, 3.05) is 5.32 Å². The van der Waals surface area contributed by atoms with Crippen molar-refractivity contribution in [2.24, 2.45) is 0 Å². The second-order valence-electron chi connectivity index (χ2n) is 5.66. The number of rotatable bonds is 5. The zero-order valence-corrected chi connectivity index (χ0v) is 14.2. The molecule has 4 aromatic rings. The largest absolute Gasteiger partial charge is 0.423 e. The first-order valence-corrected chi connectivity index (χ1v) is 8.24. The lowest BCUT2D eigenvalue weighted by atomic mass is 10.1. The van der Waals surface area contributed by atoms with Gasteiger partial charge < -0.3 is 9.73 Å². The Labute approximate surface area is 155 Å². The van der Waals surface area contributed by atoms with Gasteiger partial charge in [0.05, 0.1) is 5.69 Å². The molecule has 0 unspecified atom stereocenters. The molecule has 1 N–H and O–H groups in total. The van der Waals surface area contributed by atoms with Crippen LogP contribution in [0, 0.1) is 0 Å². The lowest BCUT2D eigenvalue weighted by Gasteiger charge is -2.06. The topological polar surface area (TPSA) is 85.8 Å². The highest BCUT2D eigenvalue weighted by Crippen LogP contribution is 2.20. The molecular formula is C20H15N5O2. The standard InChI is InChI=1S/C20H15N5O2/c26-19(23-17-7-3-6-16(13-17)20-24-21-14-27-20)10-9-15-5-1-2-8-18(15)25-12-4-11-22-25/h1-14H,(H,23,26)/b10-9+. The number of amides is 1. The molecule has 0 atom stereocenters. The summed E-state index contributed by atoms with van der Waals surface area (Å²) in [5.74, 6) is 0.155. The number of benzene rings is 2. The van der Waals surface area contributed by atoms with Crippen molar-refractivity contribution in [1.82, 2.24) is 20.0 Å². The first-order valence-electron chi connectivity index (χ1n) is 8.24. The van der Waals surface area contributed by atoms with E-state index in [9.17, 15) is 4.79 Å². The molecule has 0 saturated carbocycles. The van der Waals surface area contributed by atoms with Gasteiger partial charge in [0.25, 0.3) is 0 Å². The van der Waals surface area contributed by atoms with Crippen molar-refractivity contribution in [2.45, 2.75) is 0 Å². The van der Waals surface area contributed by atoms with Crippen molar-refractivity contribution in [3.05, 3.63) is 85.0 Å². The van der Waals surface area contributed by atoms with Crippen LogP contribution in [0.3, 0.4) is 0 Å². The summed E-state index contributed by atoms with van der Waals surface area (Å²) in [4.78, 5) is 12.3. The predicted octanol–water partition coefficient (Wildman–Crippen LogP) is 3.57. The maximum Gasteiger partial charge on any atom is 0.248 e. The lowest BCUT2D eigenvalue weighted by Crippen LogP contribution is -2.07. The summed E-state index contributed by atoms with van der Waals surface area (Å²) >= 11 is 0. The summed E-state index contributed by atoms with van der Waals surface area (Å²) in [5, 5.41) is 14.6. The molecule has 0 aliphatic heterocycles. The van der Waals surface area contributed by atoms with Gasteiger partial charge in [-0.2, -0.15) is 5.10 Å². The summed E-state index contributed by atoms with van der Waals surface area (Å²) in [5.41, 5.74) is 3.15. The van der Waals surface area contributed by atoms with Gasteiger partial charge in [-0.05, 0) is 36.4 Å². The second kappa shape index (κ2) is 7.49. The molecule has 1 amide bonds. The van der Waals surface area contributed by atoms with E-state index in [0.717, 1.165) is 16.8 Å². The van der Waals surface area contributed by atoms with Gasteiger partial charge in [0.15, 0.2) is 0 Å². The highest BCUT2D eigenvalue weighted by atomic mass is 16.4. The van der Waals surface area contributed by atoms with Crippen LogP contribution in [-0.4, -0.2) is 25.9 Å². The average Bonchev–Trinajstić information content (AvgIpc) is 3.41. The number of hydrogen-bond acceptors (Lipinski definition) is 5. The maximum atomic E-state index is 12.3. The van der Waals surface area contributed by atoms with Crippen molar-refractivity contribution in [1.29, 1.82) is 0 Å². The molecule has 7 heteroatoms. The summed E-state index contributed by atoms with van der Waals surface area (Å²) in [6.07, 6.45) is 8.08. The zero-order chi connectivity index (χ0) is 18.5. The quantitative estimate of drug-likeness (QED) is 0.552. The molecule has 0 aliphatic rings. The second-order valence-corrected chi connectivity index (χ2v) is 5.66. The molecule has 0 spiro atoms. The number of aromatic nitrogens is 4. The molecular weight excluding hydrogens is 342 g/mol. The predicted molar refractivity (Wildman–Crippen MR) is 101 cm³/mol. The van der Waals surface area contributed by atoms with E-state index in [1.165, 1.54) is 12.5 Å². The monoisotopic (exact) mass is 357 g/mol. The highest BCUT2D eigenvalue weighted by Gasteiger charge is 2.06. The van der Waals surface area contributed by atoms with E-state index in [2.05, 4.69) is 20.6 Å². The summed E-state index contributed by atoms with van der Waals surface area (Å²) in [6, 6.07) is 16.8. The number of nitrogens with one attached hydrogen (secondary N) is 1. The van der Waals surface area contributed by atoms with Gasteiger partial charge in [-0.25, -0.2) is 4.68 Å². The molecule has 0 aliphatic carbocycles. The number of para-hydroxylation sites is 1. The Kier molecular flexibility index (Phi) is 4.57. The third kappa shape index (κ3) is 3.82. The van der Waals surface area contributed by atoms with Gasteiger partial charge in [0.1, 0.15) is 0 Å². The van der Waals surface area contributed by atoms with Crippen molar-refractivity contribution in [3.8, 4) is 17.1 Å². The van der Waals surface area contributed by atoms with Crippen LogP contribution in [0.25, 0.3) is 23.2 Å². The van der Waals surface area contributed by atoms with E-state index < -0.39 is 0 Å². The molecule has 4 rings (SSSR count). The highest BCUT2D eigenvalue weighted by molar-refractivity contribution is 6.02. The normalized spacial score (nSPS) is 11.0. The van der Waals surface area contributed by atoms with Crippen LogP contribution < -0.4 is 5.32 Å². The van der Waals surface area contributed by atoms with Gasteiger partial charge in [0.2, 0.25) is 18.2 Å². The fraction of sp³-hybridized carbons (Fsp3) is 0. The molecule has 0 radical (unpaired) electrons. The first-order chi connectivity index (χ1) is 13.3. The molecule has 2 aromatic carbocycles. The van der Waals surface area contributed by atoms with Gasteiger partial charge in [-0.15, -0.1) is 10.2 Å². The Balaban J connectivity index is 1.50. The summed E-state index contributed by atoms with van der Waals surface area (Å²) in [7, 11) is 0. The van der Waals surface area contributed by atoms with Crippen LogP contribution in [0.2, 0.25) is 0 Å². The zero-order valence-electron chi connectivity index (χ0n) is 14.2. The maximum absolute atomic E-state index is 12.3. The minimum absolute atomic E-state index is 0.243. The lowest BCUT2D eigenvalue weighted by molar-refractivity contribution is -0.111. The fourth-order valence-electron chi connectivity index (χ4n) is 2.63. The van der Waals surface area contributed by atoms with Crippen molar-refractivity contribution >= 4 is 17.7 Å². The summed E-state index contributed by atoms with van der Waals surface area (Å²) in [6.45, 7) is 0. The Morgan fingerprint density at radius 3 is 2.85 bits per heavy atom. The Hall–Kier alpha value is -4.00. The van der Waals surface area contributed by atoms with Crippen LogP contribution in [-0.2, 0) is 4.79 Å². The third-order valence-electron chi connectivity index (χ3n) is 3.84. The number of carbonyl (C=O) groups excluding carboxylic acids is 1. The average molecular weight is 357 g/mol. The Morgan fingerprint density at radius 2 is 2.04 bits per heavy atom. The van der Waals surface area contributed by atoms with E-state index in [1.807, 2.05) is 48.7 Å². The van der Waals surface area contributed by atoms with Crippen LogP contribution in [0.4, 0.5) is 5.69 Å². The van der Waals surface area contributed by atoms with Crippen molar-refractivity contribution < 1.29 is 9.21 Å². The molecule has 0 saturated heterocycles. The number of anilines is 1. The smallest absolute Gasteiger partial charge is 0.248 e. The molecule has 2 aromatic heterocycles. The molecule has 7 nitrogen and oxygen atoms in total. The van der Waals surface area contributed by atoms with E-state index in [-0.39, 0.29) is 5.91 Å². The molecule has 2 heterocycles. The number of hydrogen-bond donors (Lipinski definition) is 1. The number of carbonyl (C=O) groups is 1.